The van der Waals surface area contributed by atoms with Crippen molar-refractivity contribution >= 4 is 11.9 Å². The lowest BCUT2D eigenvalue weighted by molar-refractivity contribution is -0.145. The fourth-order valence-electron chi connectivity index (χ4n) is 1.62. The summed E-state index contributed by atoms with van der Waals surface area (Å²) in [4.78, 5) is 21.1. The zero-order valence-corrected chi connectivity index (χ0v) is 7.14. The molecule has 1 aliphatic rings. The third-order valence-electron chi connectivity index (χ3n) is 2.32. The van der Waals surface area contributed by atoms with E-state index in [9.17, 15) is 9.59 Å². The molecule has 1 rings (SSSR count). The molecule has 13 heavy (non-hydrogen) atoms. The van der Waals surface area contributed by atoms with Crippen LogP contribution in [0.2, 0.25) is 0 Å². The predicted molar refractivity (Wildman–Crippen MR) is 45.2 cm³/mol. The molecule has 0 bridgehead atoms. The molecule has 4 nitrogen and oxygen atoms in total. The number of rotatable bonds is 3. The van der Waals surface area contributed by atoms with Crippen molar-refractivity contribution in [2.45, 2.75) is 19.3 Å². The molecular weight excluding hydrogens is 172 g/mol. The number of aliphatic carboxylic acids is 2. The third-order valence-corrected chi connectivity index (χ3v) is 2.32. The van der Waals surface area contributed by atoms with Crippen molar-refractivity contribution in [2.75, 3.05) is 0 Å². The van der Waals surface area contributed by atoms with Crippen molar-refractivity contribution in [3.8, 4) is 0 Å². The van der Waals surface area contributed by atoms with E-state index in [-0.39, 0.29) is 12.3 Å². The Labute approximate surface area is 75.9 Å². The van der Waals surface area contributed by atoms with Gasteiger partial charge in [-0.2, -0.15) is 0 Å². The van der Waals surface area contributed by atoms with Crippen molar-refractivity contribution in [1.29, 1.82) is 0 Å². The van der Waals surface area contributed by atoms with E-state index in [1.807, 2.05) is 6.08 Å². The van der Waals surface area contributed by atoms with Gasteiger partial charge in [0.2, 0.25) is 0 Å². The van der Waals surface area contributed by atoms with Gasteiger partial charge in [0.15, 0.2) is 0 Å². The summed E-state index contributed by atoms with van der Waals surface area (Å²) in [6.07, 6.45) is 4.61. The van der Waals surface area contributed by atoms with Gasteiger partial charge in [0.25, 0.3) is 0 Å². The van der Waals surface area contributed by atoms with Crippen LogP contribution in [0.5, 0.6) is 0 Å². The maximum absolute atomic E-state index is 10.7. The summed E-state index contributed by atoms with van der Waals surface area (Å²) in [6, 6.07) is 0. The minimum absolute atomic E-state index is 0.0543. The van der Waals surface area contributed by atoms with Gasteiger partial charge in [-0.3, -0.25) is 9.59 Å². The Bertz CT molecular complexity index is 244. The molecule has 72 valence electrons. The summed E-state index contributed by atoms with van der Waals surface area (Å²) in [6.45, 7) is 0. The highest BCUT2D eigenvalue weighted by Crippen LogP contribution is 2.28. The Hall–Kier alpha value is -1.32. The van der Waals surface area contributed by atoms with Gasteiger partial charge >= 0.3 is 11.9 Å². The third kappa shape index (κ3) is 2.57. The van der Waals surface area contributed by atoms with Gasteiger partial charge in [-0.25, -0.2) is 0 Å². The molecule has 0 radical (unpaired) electrons. The van der Waals surface area contributed by atoms with E-state index in [4.69, 9.17) is 10.2 Å². The monoisotopic (exact) mass is 184 g/mol. The van der Waals surface area contributed by atoms with Crippen LogP contribution in [0, 0.1) is 11.8 Å². The first-order valence-corrected chi connectivity index (χ1v) is 4.21. The number of carboxylic acids is 2. The van der Waals surface area contributed by atoms with Crippen LogP contribution in [0.15, 0.2) is 12.2 Å². The molecule has 2 unspecified atom stereocenters. The first-order chi connectivity index (χ1) is 6.11. The second-order valence-electron chi connectivity index (χ2n) is 3.25. The standard InChI is InChI=1S/C9H12O4/c10-8(11)5-6-3-1-2-4-7(6)9(12)13/h1-2,6-7H,3-5H2,(H,10,11)(H,12,13). The van der Waals surface area contributed by atoms with Crippen LogP contribution >= 0.6 is 0 Å². The van der Waals surface area contributed by atoms with E-state index < -0.39 is 17.9 Å². The number of hydrogen-bond acceptors (Lipinski definition) is 2. The highest BCUT2D eigenvalue weighted by molar-refractivity contribution is 5.73. The maximum atomic E-state index is 10.7. The zero-order chi connectivity index (χ0) is 9.84. The minimum atomic E-state index is -0.924. The van der Waals surface area contributed by atoms with E-state index in [0.717, 1.165) is 0 Å². The van der Waals surface area contributed by atoms with Crippen LogP contribution < -0.4 is 0 Å². The minimum Gasteiger partial charge on any atom is -0.481 e. The van der Waals surface area contributed by atoms with Crippen molar-refractivity contribution in [3.05, 3.63) is 12.2 Å². The van der Waals surface area contributed by atoms with E-state index in [0.29, 0.717) is 12.8 Å². The van der Waals surface area contributed by atoms with Gasteiger partial charge < -0.3 is 10.2 Å². The number of allylic oxidation sites excluding steroid dienone is 2. The molecule has 0 aromatic carbocycles. The highest BCUT2D eigenvalue weighted by Gasteiger charge is 2.29. The van der Waals surface area contributed by atoms with E-state index in [2.05, 4.69) is 0 Å². The van der Waals surface area contributed by atoms with Gasteiger partial charge in [-0.05, 0) is 18.8 Å². The Balaban J connectivity index is 2.63. The Kier molecular flexibility index (Phi) is 3.06. The topological polar surface area (TPSA) is 74.6 Å². The first-order valence-electron chi connectivity index (χ1n) is 4.21. The quantitative estimate of drug-likeness (QED) is 0.644. The van der Waals surface area contributed by atoms with Crippen molar-refractivity contribution in [1.82, 2.24) is 0 Å². The molecule has 0 saturated carbocycles. The highest BCUT2D eigenvalue weighted by atomic mass is 16.4. The van der Waals surface area contributed by atoms with Crippen LogP contribution in [-0.2, 0) is 9.59 Å². The van der Waals surface area contributed by atoms with Crippen LogP contribution in [0.1, 0.15) is 19.3 Å². The van der Waals surface area contributed by atoms with Crippen LogP contribution in [0.25, 0.3) is 0 Å². The van der Waals surface area contributed by atoms with E-state index in [1.54, 1.807) is 6.08 Å². The Morgan fingerprint density at radius 3 is 2.38 bits per heavy atom. The summed E-state index contributed by atoms with van der Waals surface area (Å²) in [5.41, 5.74) is 0. The average Bonchev–Trinajstić information content (AvgIpc) is 2.03. The summed E-state index contributed by atoms with van der Waals surface area (Å²) in [7, 11) is 0. The van der Waals surface area contributed by atoms with Gasteiger partial charge in [0, 0.05) is 6.42 Å². The summed E-state index contributed by atoms with van der Waals surface area (Å²) < 4.78 is 0. The lowest BCUT2D eigenvalue weighted by Crippen LogP contribution is -2.26. The zero-order valence-electron chi connectivity index (χ0n) is 7.14. The molecule has 0 saturated heterocycles. The molecule has 2 atom stereocenters. The van der Waals surface area contributed by atoms with Crippen LogP contribution in [0.3, 0.4) is 0 Å². The molecule has 0 aromatic heterocycles. The second kappa shape index (κ2) is 4.07. The average molecular weight is 184 g/mol. The summed E-state index contributed by atoms with van der Waals surface area (Å²) in [5.74, 6) is -2.59. The van der Waals surface area contributed by atoms with Crippen molar-refractivity contribution < 1.29 is 19.8 Å². The number of carbonyl (C=O) groups is 2. The Morgan fingerprint density at radius 2 is 1.85 bits per heavy atom. The van der Waals surface area contributed by atoms with Crippen LogP contribution in [-0.4, -0.2) is 22.2 Å². The molecule has 2 N–H and O–H groups in total. The smallest absolute Gasteiger partial charge is 0.307 e. The SMILES string of the molecule is O=C(O)CC1CC=CCC1C(=O)O. The van der Waals surface area contributed by atoms with Crippen molar-refractivity contribution in [3.63, 3.8) is 0 Å². The molecule has 4 heteroatoms. The van der Waals surface area contributed by atoms with E-state index in [1.165, 1.54) is 0 Å². The van der Waals surface area contributed by atoms with Gasteiger partial charge in [-0.15, -0.1) is 0 Å². The van der Waals surface area contributed by atoms with Gasteiger partial charge in [0.1, 0.15) is 0 Å². The predicted octanol–water partition coefficient (Wildman–Crippen LogP) is 1.13. The molecule has 1 aliphatic carbocycles. The molecular formula is C9H12O4. The molecule has 0 amide bonds. The molecule has 0 aromatic rings. The molecule has 0 heterocycles. The summed E-state index contributed by atoms with van der Waals surface area (Å²) in [5, 5.41) is 17.3. The molecule has 0 aliphatic heterocycles. The lowest BCUT2D eigenvalue weighted by Gasteiger charge is -2.23. The summed E-state index contributed by atoms with van der Waals surface area (Å²) >= 11 is 0. The first kappa shape index (κ1) is 9.77. The maximum Gasteiger partial charge on any atom is 0.307 e. The normalized spacial score (nSPS) is 27.1. The van der Waals surface area contributed by atoms with Gasteiger partial charge in [-0.1, -0.05) is 12.2 Å². The van der Waals surface area contributed by atoms with Crippen molar-refractivity contribution in [2.24, 2.45) is 11.8 Å². The van der Waals surface area contributed by atoms with Gasteiger partial charge in [0.05, 0.1) is 5.92 Å². The van der Waals surface area contributed by atoms with E-state index >= 15 is 0 Å². The Morgan fingerprint density at radius 1 is 1.23 bits per heavy atom. The number of carboxylic acid groups (broad SMARTS) is 2. The fraction of sp³-hybridized carbons (Fsp3) is 0.556. The lowest BCUT2D eigenvalue weighted by atomic mass is 9.81. The molecule has 0 spiro atoms. The fourth-order valence-corrected chi connectivity index (χ4v) is 1.62. The number of hydrogen-bond donors (Lipinski definition) is 2. The molecule has 0 fully saturated rings. The second-order valence-corrected chi connectivity index (χ2v) is 3.25. The van der Waals surface area contributed by atoms with Crippen LogP contribution in [0.4, 0.5) is 0 Å². The largest absolute Gasteiger partial charge is 0.481 e.